The molecule has 1 heterocycles. The Morgan fingerprint density at radius 3 is 2.62 bits per heavy atom. The third-order valence-electron chi connectivity index (χ3n) is 3.23. The van der Waals surface area contributed by atoms with Crippen molar-refractivity contribution in [3.63, 3.8) is 0 Å². The number of para-hydroxylation sites is 1. The molecule has 3 rings (SSSR count). The van der Waals surface area contributed by atoms with Crippen LogP contribution in [0, 0.1) is 0 Å². The molecule has 0 saturated carbocycles. The molecule has 1 aromatic heterocycles. The van der Waals surface area contributed by atoms with Gasteiger partial charge in [-0.25, -0.2) is 12.4 Å². The predicted molar refractivity (Wildman–Crippen MR) is 82.5 cm³/mol. The van der Waals surface area contributed by atoms with Gasteiger partial charge >= 0.3 is 0 Å². The van der Waals surface area contributed by atoms with Crippen molar-refractivity contribution in [3.05, 3.63) is 59.8 Å². The Balaban J connectivity index is 2.28. The van der Waals surface area contributed by atoms with Gasteiger partial charge in [-0.3, -0.25) is 0 Å². The first kappa shape index (κ1) is 14.0. The van der Waals surface area contributed by atoms with Crippen LogP contribution in [0.3, 0.4) is 0 Å². The summed E-state index contributed by atoms with van der Waals surface area (Å²) in [6, 6.07) is 13.5. The second kappa shape index (κ2) is 5.09. The average molecular weight is 322 g/mol. The number of halogens is 1. The standard InChI is InChI=1S/C15H12ClNO3S/c1-20-14-7-6-12(16)10-15(14)21(18,19)17-9-8-11-4-2-3-5-13(11)17/h2-10H,1H3. The van der Waals surface area contributed by atoms with Crippen LogP contribution >= 0.6 is 11.6 Å². The van der Waals surface area contributed by atoms with Crippen LogP contribution in [0.25, 0.3) is 10.9 Å². The summed E-state index contributed by atoms with van der Waals surface area (Å²) in [5.41, 5.74) is 0.611. The summed E-state index contributed by atoms with van der Waals surface area (Å²) in [6.45, 7) is 0. The van der Waals surface area contributed by atoms with Crippen LogP contribution in [0.1, 0.15) is 0 Å². The molecule has 108 valence electrons. The van der Waals surface area contributed by atoms with E-state index in [1.165, 1.54) is 23.3 Å². The Bertz CT molecular complexity index is 916. The van der Waals surface area contributed by atoms with Crippen molar-refractivity contribution in [1.82, 2.24) is 3.97 Å². The van der Waals surface area contributed by atoms with Gasteiger partial charge in [0.25, 0.3) is 10.0 Å². The Labute approximate surface area is 127 Å². The minimum atomic E-state index is -3.78. The van der Waals surface area contributed by atoms with Crippen molar-refractivity contribution in [1.29, 1.82) is 0 Å². The minimum Gasteiger partial charge on any atom is -0.495 e. The fourth-order valence-electron chi connectivity index (χ4n) is 2.23. The number of ether oxygens (including phenoxy) is 1. The molecule has 0 bridgehead atoms. The number of hydrogen-bond donors (Lipinski definition) is 0. The third-order valence-corrected chi connectivity index (χ3v) is 5.17. The zero-order chi connectivity index (χ0) is 15.0. The van der Waals surface area contributed by atoms with Crippen molar-refractivity contribution in [3.8, 4) is 5.75 Å². The van der Waals surface area contributed by atoms with Crippen LogP contribution < -0.4 is 4.74 Å². The number of methoxy groups -OCH3 is 1. The summed E-state index contributed by atoms with van der Waals surface area (Å²) < 4.78 is 32.1. The van der Waals surface area contributed by atoms with Crippen molar-refractivity contribution >= 4 is 32.5 Å². The molecule has 0 aliphatic carbocycles. The van der Waals surface area contributed by atoms with E-state index >= 15 is 0 Å². The van der Waals surface area contributed by atoms with Gasteiger partial charge < -0.3 is 4.74 Å². The maximum Gasteiger partial charge on any atom is 0.271 e. The maximum atomic E-state index is 12.9. The smallest absolute Gasteiger partial charge is 0.271 e. The number of aromatic nitrogens is 1. The summed E-state index contributed by atoms with van der Waals surface area (Å²) in [6.07, 6.45) is 1.53. The number of benzene rings is 2. The van der Waals surface area contributed by atoms with Gasteiger partial charge in [-0.1, -0.05) is 29.8 Å². The first-order valence-electron chi connectivity index (χ1n) is 6.19. The molecule has 0 unspecified atom stereocenters. The largest absolute Gasteiger partial charge is 0.495 e. The van der Waals surface area contributed by atoms with E-state index in [9.17, 15) is 8.42 Å². The highest BCUT2D eigenvalue weighted by Gasteiger charge is 2.23. The zero-order valence-corrected chi connectivity index (χ0v) is 12.7. The fourth-order valence-corrected chi connectivity index (χ4v) is 4.00. The number of rotatable bonds is 3. The average Bonchev–Trinajstić information content (AvgIpc) is 2.92. The molecule has 4 nitrogen and oxygen atoms in total. The van der Waals surface area contributed by atoms with Crippen LogP contribution in [0.2, 0.25) is 5.02 Å². The van der Waals surface area contributed by atoms with Crippen LogP contribution in [0.15, 0.2) is 59.6 Å². The molecule has 0 N–H and O–H groups in total. The van der Waals surface area contributed by atoms with Crippen LogP contribution in [0.5, 0.6) is 5.75 Å². The van der Waals surface area contributed by atoms with Gasteiger partial charge in [0.2, 0.25) is 0 Å². The third kappa shape index (κ3) is 2.28. The molecule has 21 heavy (non-hydrogen) atoms. The van der Waals surface area contributed by atoms with Crippen LogP contribution in [-0.2, 0) is 10.0 Å². The molecule has 6 heteroatoms. The molecule has 0 aliphatic rings. The summed E-state index contributed by atoms with van der Waals surface area (Å²) in [7, 11) is -2.35. The molecule has 0 aliphatic heterocycles. The molecular formula is C15H12ClNO3S. The summed E-state index contributed by atoms with van der Waals surface area (Å²) in [4.78, 5) is 0.0406. The Morgan fingerprint density at radius 2 is 1.86 bits per heavy atom. The SMILES string of the molecule is COc1ccc(Cl)cc1S(=O)(=O)n1ccc2ccccc21. The lowest BCUT2D eigenvalue weighted by Crippen LogP contribution is -2.13. The Hall–Kier alpha value is -1.98. The van der Waals surface area contributed by atoms with E-state index in [1.807, 2.05) is 12.1 Å². The molecule has 0 saturated heterocycles. The Morgan fingerprint density at radius 1 is 1.10 bits per heavy atom. The van der Waals surface area contributed by atoms with E-state index < -0.39 is 10.0 Å². The number of fused-ring (bicyclic) bond motifs is 1. The molecule has 0 amide bonds. The van der Waals surface area contributed by atoms with E-state index in [0.717, 1.165) is 5.39 Å². The number of hydrogen-bond acceptors (Lipinski definition) is 3. The van der Waals surface area contributed by atoms with E-state index in [2.05, 4.69) is 0 Å². The molecule has 3 aromatic rings. The summed E-state index contributed by atoms with van der Waals surface area (Å²) >= 11 is 5.93. The molecule has 0 fully saturated rings. The Kier molecular flexibility index (Phi) is 3.39. The lowest BCUT2D eigenvalue weighted by Gasteiger charge is -2.11. The van der Waals surface area contributed by atoms with Gasteiger partial charge in [0.05, 0.1) is 12.6 Å². The van der Waals surface area contributed by atoms with Gasteiger partial charge in [0.15, 0.2) is 0 Å². The van der Waals surface area contributed by atoms with Gasteiger partial charge in [0.1, 0.15) is 10.6 Å². The highest BCUT2D eigenvalue weighted by molar-refractivity contribution is 7.90. The van der Waals surface area contributed by atoms with Gasteiger partial charge in [-0.2, -0.15) is 0 Å². The highest BCUT2D eigenvalue weighted by atomic mass is 35.5. The molecular weight excluding hydrogens is 310 g/mol. The highest BCUT2D eigenvalue weighted by Crippen LogP contribution is 2.30. The van der Waals surface area contributed by atoms with Gasteiger partial charge in [-0.05, 0) is 30.3 Å². The van der Waals surface area contributed by atoms with Crippen LogP contribution in [-0.4, -0.2) is 19.5 Å². The first-order chi connectivity index (χ1) is 10.0. The first-order valence-corrected chi connectivity index (χ1v) is 8.01. The van der Waals surface area contributed by atoms with Crippen molar-refractivity contribution in [2.75, 3.05) is 7.11 Å². The molecule has 0 atom stereocenters. The zero-order valence-electron chi connectivity index (χ0n) is 11.2. The summed E-state index contributed by atoms with van der Waals surface area (Å²) in [5, 5.41) is 1.19. The molecule has 2 aromatic carbocycles. The van der Waals surface area contributed by atoms with Crippen molar-refractivity contribution in [2.45, 2.75) is 4.90 Å². The number of nitrogens with zero attached hydrogens (tertiary/aromatic N) is 1. The van der Waals surface area contributed by atoms with E-state index in [1.54, 1.807) is 30.3 Å². The van der Waals surface area contributed by atoms with Crippen molar-refractivity contribution in [2.24, 2.45) is 0 Å². The molecule has 0 spiro atoms. The lowest BCUT2D eigenvalue weighted by molar-refractivity contribution is 0.402. The van der Waals surface area contributed by atoms with Gasteiger partial charge in [0, 0.05) is 16.6 Å². The normalized spacial score (nSPS) is 11.7. The predicted octanol–water partition coefficient (Wildman–Crippen LogP) is 3.54. The fraction of sp³-hybridized carbons (Fsp3) is 0.0667. The second-order valence-electron chi connectivity index (χ2n) is 4.47. The quantitative estimate of drug-likeness (QED) is 0.741. The van der Waals surface area contributed by atoms with E-state index in [4.69, 9.17) is 16.3 Å². The lowest BCUT2D eigenvalue weighted by atomic mass is 10.3. The monoisotopic (exact) mass is 321 g/mol. The minimum absolute atomic E-state index is 0.0406. The molecule has 0 radical (unpaired) electrons. The van der Waals surface area contributed by atoms with Gasteiger partial charge in [-0.15, -0.1) is 0 Å². The summed E-state index contributed by atoms with van der Waals surface area (Å²) in [5.74, 6) is 0.261. The maximum absolute atomic E-state index is 12.9. The van der Waals surface area contributed by atoms with E-state index in [-0.39, 0.29) is 10.6 Å². The second-order valence-corrected chi connectivity index (χ2v) is 6.69. The van der Waals surface area contributed by atoms with E-state index in [0.29, 0.717) is 10.5 Å². The van der Waals surface area contributed by atoms with Crippen molar-refractivity contribution < 1.29 is 13.2 Å². The topological polar surface area (TPSA) is 48.3 Å². The van der Waals surface area contributed by atoms with Crippen LogP contribution in [0.4, 0.5) is 0 Å².